The average Bonchev–Trinajstić information content (AvgIpc) is 3.18. The van der Waals surface area contributed by atoms with Gasteiger partial charge in [0.1, 0.15) is 4.90 Å². The number of benzene rings is 1. The van der Waals surface area contributed by atoms with Crippen LogP contribution in [-0.4, -0.2) is 53.1 Å². The van der Waals surface area contributed by atoms with Crippen molar-refractivity contribution in [3.8, 4) is 0 Å². The fraction of sp³-hybridized carbons (Fsp3) is 0.500. The summed E-state index contributed by atoms with van der Waals surface area (Å²) in [7, 11) is -3.62. The van der Waals surface area contributed by atoms with E-state index in [1.165, 1.54) is 0 Å². The SMILES string of the molecule is Cc1nc(CC2CCOC3(CCN(S(=O)(=O)c4cccc5cccnc45)CC3)C2)no1. The van der Waals surface area contributed by atoms with E-state index in [9.17, 15) is 8.42 Å². The van der Waals surface area contributed by atoms with E-state index in [1.807, 2.05) is 18.2 Å². The molecule has 2 aliphatic rings. The van der Waals surface area contributed by atoms with Gasteiger partial charge in [0, 0.05) is 44.6 Å². The summed E-state index contributed by atoms with van der Waals surface area (Å²) in [4.78, 5) is 8.93. The molecule has 0 saturated carbocycles. The summed E-state index contributed by atoms with van der Waals surface area (Å²) in [6.07, 6.45) is 5.63. The maximum atomic E-state index is 13.4. The van der Waals surface area contributed by atoms with Crippen molar-refractivity contribution in [2.24, 2.45) is 5.92 Å². The number of sulfonamides is 1. The molecule has 1 spiro atoms. The lowest BCUT2D eigenvalue weighted by Gasteiger charge is -2.45. The molecule has 0 amide bonds. The molecular formula is C22H26N4O4S. The molecular weight excluding hydrogens is 416 g/mol. The molecule has 0 bridgehead atoms. The maximum absolute atomic E-state index is 13.4. The lowest BCUT2D eigenvalue weighted by atomic mass is 9.78. The topological polar surface area (TPSA) is 98.4 Å². The van der Waals surface area contributed by atoms with Gasteiger partial charge in [0.25, 0.3) is 0 Å². The van der Waals surface area contributed by atoms with Crippen molar-refractivity contribution in [1.82, 2.24) is 19.4 Å². The number of pyridine rings is 1. The summed E-state index contributed by atoms with van der Waals surface area (Å²) < 4.78 is 39.7. The Morgan fingerprint density at radius 3 is 2.77 bits per heavy atom. The first kappa shape index (κ1) is 20.5. The van der Waals surface area contributed by atoms with Crippen molar-refractivity contribution in [2.75, 3.05) is 19.7 Å². The Morgan fingerprint density at radius 1 is 1.19 bits per heavy atom. The van der Waals surface area contributed by atoms with Gasteiger partial charge in [-0.3, -0.25) is 4.98 Å². The van der Waals surface area contributed by atoms with Crippen LogP contribution in [0.2, 0.25) is 0 Å². The van der Waals surface area contributed by atoms with Gasteiger partial charge in [-0.15, -0.1) is 0 Å². The van der Waals surface area contributed by atoms with Gasteiger partial charge in [-0.25, -0.2) is 8.42 Å². The van der Waals surface area contributed by atoms with Crippen LogP contribution in [-0.2, 0) is 21.2 Å². The van der Waals surface area contributed by atoms with Crippen molar-refractivity contribution in [2.45, 2.75) is 49.5 Å². The van der Waals surface area contributed by atoms with E-state index in [0.717, 1.165) is 30.5 Å². The second-order valence-electron chi connectivity index (χ2n) is 8.56. The molecule has 8 nitrogen and oxygen atoms in total. The van der Waals surface area contributed by atoms with Gasteiger partial charge < -0.3 is 9.26 Å². The van der Waals surface area contributed by atoms with Crippen LogP contribution in [0.15, 0.2) is 45.9 Å². The summed E-state index contributed by atoms with van der Waals surface area (Å²) in [5.74, 6) is 1.73. The van der Waals surface area contributed by atoms with Crippen LogP contribution < -0.4 is 0 Å². The molecule has 2 fully saturated rings. The molecule has 1 unspecified atom stereocenters. The number of hydrogen-bond acceptors (Lipinski definition) is 7. The van der Waals surface area contributed by atoms with E-state index in [0.29, 0.717) is 49.9 Å². The number of aryl methyl sites for hydroxylation is 1. The highest BCUT2D eigenvalue weighted by atomic mass is 32.2. The zero-order chi connectivity index (χ0) is 21.5. The molecule has 5 rings (SSSR count). The number of fused-ring (bicyclic) bond motifs is 1. The standard InChI is InChI=1S/C22H26N4O4S/c1-16-24-20(25-30-16)14-17-7-13-29-22(15-17)8-11-26(12-9-22)31(27,28)19-6-2-4-18-5-3-10-23-21(18)19/h2-6,10,17H,7-9,11-15H2,1H3. The molecule has 2 aromatic heterocycles. The van der Waals surface area contributed by atoms with Crippen molar-refractivity contribution in [3.05, 3.63) is 48.2 Å². The van der Waals surface area contributed by atoms with E-state index in [2.05, 4.69) is 15.1 Å². The van der Waals surface area contributed by atoms with Gasteiger partial charge in [-0.2, -0.15) is 9.29 Å². The minimum absolute atomic E-state index is 0.273. The molecule has 0 radical (unpaired) electrons. The highest BCUT2D eigenvalue weighted by Crippen LogP contribution is 2.40. The quantitative estimate of drug-likeness (QED) is 0.612. The first-order valence-electron chi connectivity index (χ1n) is 10.7. The minimum Gasteiger partial charge on any atom is -0.375 e. The zero-order valence-corrected chi connectivity index (χ0v) is 18.3. The Morgan fingerprint density at radius 2 is 2.00 bits per heavy atom. The molecule has 3 aromatic rings. The molecule has 164 valence electrons. The average molecular weight is 443 g/mol. The second kappa shape index (κ2) is 7.96. The molecule has 0 aliphatic carbocycles. The first-order chi connectivity index (χ1) is 15.0. The van der Waals surface area contributed by atoms with E-state index < -0.39 is 10.0 Å². The number of rotatable bonds is 4. The molecule has 1 atom stereocenters. The summed E-state index contributed by atoms with van der Waals surface area (Å²) in [6.45, 7) is 3.37. The van der Waals surface area contributed by atoms with E-state index in [-0.39, 0.29) is 10.5 Å². The van der Waals surface area contributed by atoms with Crippen LogP contribution >= 0.6 is 0 Å². The molecule has 1 aromatic carbocycles. The number of para-hydroxylation sites is 1. The lowest BCUT2D eigenvalue weighted by Crippen LogP contribution is -2.51. The van der Waals surface area contributed by atoms with Crippen LogP contribution in [0.3, 0.4) is 0 Å². The van der Waals surface area contributed by atoms with Gasteiger partial charge in [0.2, 0.25) is 15.9 Å². The molecule has 4 heterocycles. The fourth-order valence-corrected chi connectivity index (χ4v) is 6.50. The third-order valence-electron chi connectivity index (χ3n) is 6.48. The molecule has 2 saturated heterocycles. The summed E-state index contributed by atoms with van der Waals surface area (Å²) in [6, 6.07) is 9.00. The van der Waals surface area contributed by atoms with E-state index in [4.69, 9.17) is 9.26 Å². The number of piperidine rings is 1. The highest BCUT2D eigenvalue weighted by Gasteiger charge is 2.43. The van der Waals surface area contributed by atoms with Crippen LogP contribution in [0.5, 0.6) is 0 Å². The van der Waals surface area contributed by atoms with Gasteiger partial charge in [-0.1, -0.05) is 23.4 Å². The Kier molecular flexibility index (Phi) is 5.27. The predicted octanol–water partition coefficient (Wildman–Crippen LogP) is 3.12. The van der Waals surface area contributed by atoms with Crippen LogP contribution in [0.4, 0.5) is 0 Å². The van der Waals surface area contributed by atoms with Crippen LogP contribution in [0.1, 0.15) is 37.4 Å². The fourth-order valence-electron chi connectivity index (χ4n) is 4.89. The van der Waals surface area contributed by atoms with Crippen LogP contribution in [0, 0.1) is 12.8 Å². The number of hydrogen-bond donors (Lipinski definition) is 0. The van der Waals surface area contributed by atoms with Crippen LogP contribution in [0.25, 0.3) is 10.9 Å². The van der Waals surface area contributed by atoms with Crippen molar-refractivity contribution in [3.63, 3.8) is 0 Å². The van der Waals surface area contributed by atoms with Gasteiger partial charge in [0.15, 0.2) is 5.82 Å². The van der Waals surface area contributed by atoms with Crippen molar-refractivity contribution < 1.29 is 17.7 Å². The lowest BCUT2D eigenvalue weighted by molar-refractivity contribution is -0.120. The van der Waals surface area contributed by atoms with Gasteiger partial charge in [0.05, 0.1) is 11.1 Å². The molecule has 31 heavy (non-hydrogen) atoms. The molecule has 0 N–H and O–H groups in total. The predicted molar refractivity (Wildman–Crippen MR) is 114 cm³/mol. The zero-order valence-electron chi connectivity index (χ0n) is 17.5. The van der Waals surface area contributed by atoms with E-state index >= 15 is 0 Å². The Hall–Kier alpha value is -2.36. The number of nitrogens with zero attached hydrogens (tertiary/aromatic N) is 4. The number of aromatic nitrogens is 3. The molecule has 9 heteroatoms. The number of ether oxygens (including phenoxy) is 1. The largest absolute Gasteiger partial charge is 0.375 e. The highest BCUT2D eigenvalue weighted by molar-refractivity contribution is 7.89. The van der Waals surface area contributed by atoms with E-state index in [1.54, 1.807) is 29.6 Å². The monoisotopic (exact) mass is 442 g/mol. The van der Waals surface area contributed by atoms with Crippen molar-refractivity contribution >= 4 is 20.9 Å². The Labute approximate surface area is 181 Å². The first-order valence-corrected chi connectivity index (χ1v) is 12.2. The summed E-state index contributed by atoms with van der Waals surface area (Å²) >= 11 is 0. The summed E-state index contributed by atoms with van der Waals surface area (Å²) in [5.41, 5.74) is 0.250. The Bertz CT molecular complexity index is 1180. The van der Waals surface area contributed by atoms with Gasteiger partial charge >= 0.3 is 0 Å². The third-order valence-corrected chi connectivity index (χ3v) is 8.41. The summed E-state index contributed by atoms with van der Waals surface area (Å²) in [5, 5.41) is 4.85. The third kappa shape index (κ3) is 3.97. The molecule has 2 aliphatic heterocycles. The Balaban J connectivity index is 1.30. The van der Waals surface area contributed by atoms with Gasteiger partial charge in [-0.05, 0) is 43.7 Å². The smallest absolute Gasteiger partial charge is 0.245 e. The normalized spacial score (nSPS) is 22.2. The second-order valence-corrected chi connectivity index (χ2v) is 10.5. The van der Waals surface area contributed by atoms with Crippen molar-refractivity contribution in [1.29, 1.82) is 0 Å². The minimum atomic E-state index is -3.62. The maximum Gasteiger partial charge on any atom is 0.245 e.